The average molecular weight is 341 g/mol. The maximum Gasteiger partial charge on any atom is 0.278 e. The van der Waals surface area contributed by atoms with Crippen LogP contribution in [0, 0.1) is 20.8 Å². The fourth-order valence-electron chi connectivity index (χ4n) is 2.37. The van der Waals surface area contributed by atoms with Crippen molar-refractivity contribution in [2.24, 2.45) is 0 Å². The lowest BCUT2D eigenvalue weighted by molar-refractivity contribution is 0.102. The number of carbonyl (C=O) groups is 1. The van der Waals surface area contributed by atoms with Gasteiger partial charge in [0.15, 0.2) is 5.69 Å². The molecule has 1 aromatic heterocycles. The molecule has 1 heterocycles. The highest BCUT2D eigenvalue weighted by atomic mass is 35.5. The van der Waals surface area contributed by atoms with E-state index < -0.39 is 0 Å². The molecule has 0 atom stereocenters. The van der Waals surface area contributed by atoms with Gasteiger partial charge < -0.3 is 5.32 Å². The highest BCUT2D eigenvalue weighted by Gasteiger charge is 2.17. The smallest absolute Gasteiger partial charge is 0.278 e. The van der Waals surface area contributed by atoms with E-state index in [1.165, 1.54) is 4.80 Å². The first-order chi connectivity index (χ1) is 11.5. The van der Waals surface area contributed by atoms with E-state index in [1.807, 2.05) is 44.2 Å². The normalized spacial score (nSPS) is 10.7. The van der Waals surface area contributed by atoms with Crippen LogP contribution in [0.25, 0.3) is 5.69 Å². The Morgan fingerprint density at radius 2 is 1.83 bits per heavy atom. The summed E-state index contributed by atoms with van der Waals surface area (Å²) in [5.74, 6) is -0.283. The van der Waals surface area contributed by atoms with Crippen molar-refractivity contribution >= 4 is 23.2 Å². The van der Waals surface area contributed by atoms with Crippen molar-refractivity contribution in [2.45, 2.75) is 20.8 Å². The first kappa shape index (κ1) is 16.2. The number of anilines is 1. The van der Waals surface area contributed by atoms with Crippen LogP contribution >= 0.6 is 11.6 Å². The number of amides is 1. The second kappa shape index (κ2) is 6.45. The molecule has 0 aliphatic rings. The van der Waals surface area contributed by atoms with Gasteiger partial charge in [-0.2, -0.15) is 9.90 Å². The lowest BCUT2D eigenvalue weighted by atomic mass is 10.1. The monoisotopic (exact) mass is 340 g/mol. The Bertz CT molecular complexity index is 917. The minimum Gasteiger partial charge on any atom is -0.320 e. The molecule has 0 aliphatic heterocycles. The van der Waals surface area contributed by atoms with Gasteiger partial charge in [-0.25, -0.2) is 0 Å². The van der Waals surface area contributed by atoms with E-state index in [2.05, 4.69) is 15.5 Å². The molecule has 3 aromatic rings. The molecule has 24 heavy (non-hydrogen) atoms. The summed E-state index contributed by atoms with van der Waals surface area (Å²) in [5, 5.41) is 12.1. The van der Waals surface area contributed by atoms with Crippen LogP contribution in [0.3, 0.4) is 0 Å². The zero-order valence-corrected chi connectivity index (χ0v) is 14.4. The van der Waals surface area contributed by atoms with Gasteiger partial charge in [0.05, 0.1) is 11.4 Å². The van der Waals surface area contributed by atoms with Crippen LogP contribution in [-0.2, 0) is 0 Å². The Balaban J connectivity index is 1.90. The molecule has 0 fully saturated rings. The van der Waals surface area contributed by atoms with E-state index in [0.29, 0.717) is 16.4 Å². The number of nitrogens with one attached hydrogen (secondary N) is 1. The highest BCUT2D eigenvalue weighted by molar-refractivity contribution is 6.30. The van der Waals surface area contributed by atoms with E-state index in [0.717, 1.165) is 16.8 Å². The van der Waals surface area contributed by atoms with E-state index in [-0.39, 0.29) is 11.6 Å². The van der Waals surface area contributed by atoms with Crippen LogP contribution in [0.15, 0.2) is 42.5 Å². The number of aromatic nitrogens is 3. The number of hydrogen-bond acceptors (Lipinski definition) is 3. The number of halogens is 1. The second-order valence-corrected chi connectivity index (χ2v) is 6.04. The number of rotatable bonds is 3. The van der Waals surface area contributed by atoms with Gasteiger partial charge in [0.1, 0.15) is 0 Å². The van der Waals surface area contributed by atoms with Crippen molar-refractivity contribution in [2.75, 3.05) is 5.32 Å². The summed E-state index contributed by atoms with van der Waals surface area (Å²) in [4.78, 5) is 14.0. The maximum atomic E-state index is 12.6. The third kappa shape index (κ3) is 3.16. The summed E-state index contributed by atoms with van der Waals surface area (Å²) in [6, 6.07) is 12.9. The van der Waals surface area contributed by atoms with Crippen LogP contribution in [0.1, 0.15) is 27.3 Å². The quantitative estimate of drug-likeness (QED) is 0.781. The second-order valence-electron chi connectivity index (χ2n) is 5.60. The van der Waals surface area contributed by atoms with Crippen LogP contribution in [0.2, 0.25) is 5.02 Å². The number of carbonyl (C=O) groups excluding carboxylic acids is 1. The summed E-state index contributed by atoms with van der Waals surface area (Å²) in [7, 11) is 0. The fourth-order valence-corrected chi connectivity index (χ4v) is 2.56. The fraction of sp³-hybridized carbons (Fsp3) is 0.167. The summed E-state index contributed by atoms with van der Waals surface area (Å²) < 4.78 is 0. The van der Waals surface area contributed by atoms with Gasteiger partial charge in [0, 0.05) is 10.7 Å². The number of nitrogens with zero attached hydrogens (tertiary/aromatic N) is 3. The molecule has 1 N–H and O–H groups in total. The summed E-state index contributed by atoms with van der Waals surface area (Å²) in [5.41, 5.74) is 4.47. The molecule has 1 amide bonds. The minimum absolute atomic E-state index is 0.283. The average Bonchev–Trinajstić information content (AvgIpc) is 2.94. The van der Waals surface area contributed by atoms with Gasteiger partial charge in [-0.3, -0.25) is 4.79 Å². The van der Waals surface area contributed by atoms with Crippen molar-refractivity contribution < 1.29 is 4.79 Å². The Labute approximate surface area is 145 Å². The van der Waals surface area contributed by atoms with Crippen molar-refractivity contribution in [3.63, 3.8) is 0 Å². The number of aryl methyl sites for hydroxylation is 2. The van der Waals surface area contributed by atoms with Crippen molar-refractivity contribution in [3.05, 3.63) is 70.0 Å². The molecule has 0 saturated heterocycles. The van der Waals surface area contributed by atoms with Crippen molar-refractivity contribution in [1.82, 2.24) is 15.0 Å². The number of hydrogen-bond donors (Lipinski definition) is 1. The molecule has 122 valence electrons. The summed E-state index contributed by atoms with van der Waals surface area (Å²) in [6.07, 6.45) is 0. The third-order valence-corrected chi connectivity index (χ3v) is 4.12. The van der Waals surface area contributed by atoms with Crippen LogP contribution in [-0.4, -0.2) is 20.9 Å². The molecule has 0 unspecified atom stereocenters. The molecule has 0 bridgehead atoms. The Morgan fingerprint density at radius 1 is 1.08 bits per heavy atom. The van der Waals surface area contributed by atoms with Crippen LogP contribution < -0.4 is 5.32 Å². The molecular weight excluding hydrogens is 324 g/mol. The van der Waals surface area contributed by atoms with Crippen LogP contribution in [0.5, 0.6) is 0 Å². The molecule has 0 radical (unpaired) electrons. The zero-order valence-electron chi connectivity index (χ0n) is 13.7. The standard InChI is InChI=1S/C18H17ClN4O/c1-11-6-4-9-16(12(11)2)20-18(24)17-13(3)21-23(22-17)15-8-5-7-14(19)10-15/h4-10H,1-3H3,(H,20,24). The molecular formula is C18H17ClN4O. The molecule has 0 aliphatic carbocycles. The Hall–Kier alpha value is -2.66. The molecule has 2 aromatic carbocycles. The molecule has 3 rings (SSSR count). The van der Waals surface area contributed by atoms with Gasteiger partial charge in [-0.15, -0.1) is 5.10 Å². The van der Waals surface area contributed by atoms with Gasteiger partial charge in [-0.1, -0.05) is 29.8 Å². The lowest BCUT2D eigenvalue weighted by Crippen LogP contribution is -2.15. The van der Waals surface area contributed by atoms with Gasteiger partial charge in [-0.05, 0) is 56.2 Å². The predicted octanol–water partition coefficient (Wildman–Crippen LogP) is 4.10. The molecule has 6 heteroatoms. The first-order valence-electron chi connectivity index (χ1n) is 7.53. The molecule has 0 saturated carbocycles. The van der Waals surface area contributed by atoms with Crippen molar-refractivity contribution in [1.29, 1.82) is 0 Å². The van der Waals surface area contributed by atoms with E-state index in [9.17, 15) is 4.79 Å². The van der Waals surface area contributed by atoms with Gasteiger partial charge in [0.2, 0.25) is 0 Å². The number of benzene rings is 2. The Kier molecular flexibility index (Phi) is 4.36. The maximum absolute atomic E-state index is 12.6. The zero-order chi connectivity index (χ0) is 17.3. The third-order valence-electron chi connectivity index (χ3n) is 3.89. The lowest BCUT2D eigenvalue weighted by Gasteiger charge is -2.09. The first-order valence-corrected chi connectivity index (χ1v) is 7.91. The largest absolute Gasteiger partial charge is 0.320 e. The van der Waals surface area contributed by atoms with E-state index >= 15 is 0 Å². The highest BCUT2D eigenvalue weighted by Crippen LogP contribution is 2.19. The SMILES string of the molecule is Cc1cccc(NC(=O)c2nn(-c3cccc(Cl)c3)nc2C)c1C. The van der Waals surface area contributed by atoms with E-state index in [1.54, 1.807) is 19.1 Å². The molecule has 0 spiro atoms. The predicted molar refractivity (Wildman–Crippen MR) is 95.0 cm³/mol. The Morgan fingerprint density at radius 3 is 2.58 bits per heavy atom. The molecule has 5 nitrogen and oxygen atoms in total. The summed E-state index contributed by atoms with van der Waals surface area (Å²) in [6.45, 7) is 5.73. The van der Waals surface area contributed by atoms with Gasteiger partial charge in [0.25, 0.3) is 5.91 Å². The van der Waals surface area contributed by atoms with Crippen LogP contribution in [0.4, 0.5) is 5.69 Å². The topological polar surface area (TPSA) is 59.8 Å². The van der Waals surface area contributed by atoms with E-state index in [4.69, 9.17) is 11.6 Å². The summed E-state index contributed by atoms with van der Waals surface area (Å²) >= 11 is 6.00. The minimum atomic E-state index is -0.283. The van der Waals surface area contributed by atoms with Gasteiger partial charge >= 0.3 is 0 Å². The van der Waals surface area contributed by atoms with Crippen molar-refractivity contribution in [3.8, 4) is 5.69 Å².